The normalized spacial score (nSPS) is 19.3. The number of aromatic nitrogens is 2. The predicted molar refractivity (Wildman–Crippen MR) is 72.0 cm³/mol. The molecule has 1 aliphatic heterocycles. The lowest BCUT2D eigenvalue weighted by Crippen LogP contribution is -2.40. The molecule has 1 aromatic heterocycles. The summed E-state index contributed by atoms with van der Waals surface area (Å²) in [6, 6.07) is 3.87. The van der Waals surface area contributed by atoms with Crippen molar-refractivity contribution < 1.29 is 9.53 Å². The number of amides is 1. The summed E-state index contributed by atoms with van der Waals surface area (Å²) in [6.07, 6.45) is 2.17. The molecule has 1 aromatic rings. The number of hydrogen-bond acceptors (Lipinski definition) is 5. The summed E-state index contributed by atoms with van der Waals surface area (Å²) in [4.78, 5) is 13.8. The van der Waals surface area contributed by atoms with E-state index in [4.69, 9.17) is 4.74 Å². The van der Waals surface area contributed by atoms with Gasteiger partial charge in [-0.1, -0.05) is 0 Å². The van der Waals surface area contributed by atoms with E-state index in [1.807, 2.05) is 32.9 Å². The van der Waals surface area contributed by atoms with Crippen LogP contribution in [0.25, 0.3) is 0 Å². The standard InChI is InChI=1S/C13H20N4O2/c1-13(2,3)19-12(18)15-10-6-8-17(9-10)11-5-4-7-14-16-11/h4-5,7,10H,6,8-9H2,1-3H3,(H,15,18). The van der Waals surface area contributed by atoms with Gasteiger partial charge in [-0.05, 0) is 39.3 Å². The van der Waals surface area contributed by atoms with Crippen LogP contribution in [-0.2, 0) is 4.74 Å². The molecule has 1 saturated heterocycles. The lowest BCUT2D eigenvalue weighted by atomic mass is 10.2. The van der Waals surface area contributed by atoms with Gasteiger partial charge in [-0.15, -0.1) is 5.10 Å². The van der Waals surface area contributed by atoms with Crippen molar-refractivity contribution in [1.29, 1.82) is 0 Å². The van der Waals surface area contributed by atoms with Crippen molar-refractivity contribution in [1.82, 2.24) is 15.5 Å². The number of carbonyl (C=O) groups is 1. The van der Waals surface area contributed by atoms with Crippen LogP contribution in [0.4, 0.5) is 10.6 Å². The summed E-state index contributed by atoms with van der Waals surface area (Å²) in [6.45, 7) is 7.16. The van der Waals surface area contributed by atoms with Gasteiger partial charge in [0.2, 0.25) is 0 Å². The van der Waals surface area contributed by atoms with Crippen LogP contribution in [0.15, 0.2) is 18.3 Å². The van der Waals surface area contributed by atoms with Crippen molar-refractivity contribution >= 4 is 11.9 Å². The highest BCUT2D eigenvalue weighted by atomic mass is 16.6. The van der Waals surface area contributed by atoms with Gasteiger partial charge in [0, 0.05) is 19.3 Å². The Morgan fingerprint density at radius 1 is 1.53 bits per heavy atom. The minimum absolute atomic E-state index is 0.0943. The molecular weight excluding hydrogens is 244 g/mol. The number of anilines is 1. The Balaban J connectivity index is 1.84. The summed E-state index contributed by atoms with van der Waals surface area (Å²) < 4.78 is 5.24. The second-order valence-corrected chi connectivity index (χ2v) is 5.66. The number of alkyl carbamates (subject to hydrolysis) is 1. The predicted octanol–water partition coefficient (Wildman–Crippen LogP) is 1.58. The summed E-state index contributed by atoms with van der Waals surface area (Å²) in [5.74, 6) is 0.844. The van der Waals surface area contributed by atoms with Crippen LogP contribution in [0.3, 0.4) is 0 Å². The maximum atomic E-state index is 11.7. The smallest absolute Gasteiger partial charge is 0.407 e. The molecule has 2 rings (SSSR count). The van der Waals surface area contributed by atoms with Crippen molar-refractivity contribution in [2.24, 2.45) is 0 Å². The van der Waals surface area contributed by atoms with Crippen LogP contribution in [0, 0.1) is 0 Å². The number of nitrogens with one attached hydrogen (secondary N) is 1. The van der Waals surface area contributed by atoms with Crippen molar-refractivity contribution in [3.8, 4) is 0 Å². The van der Waals surface area contributed by atoms with E-state index in [0.717, 1.165) is 25.3 Å². The van der Waals surface area contributed by atoms with Crippen LogP contribution in [-0.4, -0.2) is 41.0 Å². The summed E-state index contributed by atoms with van der Waals surface area (Å²) in [5, 5.41) is 10.8. The van der Waals surface area contributed by atoms with E-state index < -0.39 is 5.60 Å². The SMILES string of the molecule is CC(C)(C)OC(=O)NC1CCN(c2cccnn2)C1. The molecule has 0 saturated carbocycles. The highest BCUT2D eigenvalue weighted by Crippen LogP contribution is 2.17. The molecule has 104 valence electrons. The van der Waals surface area contributed by atoms with Gasteiger partial charge in [0.05, 0.1) is 6.04 Å². The molecule has 0 radical (unpaired) electrons. The van der Waals surface area contributed by atoms with Gasteiger partial charge in [-0.2, -0.15) is 5.10 Å². The molecule has 1 unspecified atom stereocenters. The molecule has 19 heavy (non-hydrogen) atoms. The van der Waals surface area contributed by atoms with Gasteiger partial charge in [0.25, 0.3) is 0 Å². The molecule has 6 heteroatoms. The molecule has 0 spiro atoms. The average molecular weight is 264 g/mol. The lowest BCUT2D eigenvalue weighted by Gasteiger charge is -2.22. The maximum Gasteiger partial charge on any atom is 0.407 e. The summed E-state index contributed by atoms with van der Waals surface area (Å²) in [7, 11) is 0. The first kappa shape index (κ1) is 13.6. The van der Waals surface area contributed by atoms with Crippen molar-refractivity contribution in [3.63, 3.8) is 0 Å². The van der Waals surface area contributed by atoms with Crippen molar-refractivity contribution in [3.05, 3.63) is 18.3 Å². The van der Waals surface area contributed by atoms with Gasteiger partial charge in [-0.3, -0.25) is 0 Å². The van der Waals surface area contributed by atoms with Crippen LogP contribution in [0.5, 0.6) is 0 Å². The zero-order valence-electron chi connectivity index (χ0n) is 11.6. The van der Waals surface area contributed by atoms with Gasteiger partial charge >= 0.3 is 6.09 Å². The Morgan fingerprint density at radius 3 is 2.95 bits per heavy atom. The zero-order valence-corrected chi connectivity index (χ0v) is 11.6. The van der Waals surface area contributed by atoms with E-state index in [1.54, 1.807) is 6.20 Å². The first-order chi connectivity index (χ1) is 8.94. The Morgan fingerprint density at radius 2 is 2.32 bits per heavy atom. The van der Waals surface area contributed by atoms with E-state index in [-0.39, 0.29) is 12.1 Å². The fraction of sp³-hybridized carbons (Fsp3) is 0.615. The Labute approximate surface area is 113 Å². The van der Waals surface area contributed by atoms with Crippen LogP contribution < -0.4 is 10.2 Å². The topological polar surface area (TPSA) is 67.3 Å². The fourth-order valence-electron chi connectivity index (χ4n) is 2.02. The molecule has 0 aliphatic carbocycles. The number of ether oxygens (including phenoxy) is 1. The Kier molecular flexibility index (Phi) is 3.87. The molecule has 1 N–H and O–H groups in total. The number of nitrogens with zero attached hydrogens (tertiary/aromatic N) is 3. The van der Waals surface area contributed by atoms with E-state index in [0.29, 0.717) is 0 Å². The molecule has 2 heterocycles. The van der Waals surface area contributed by atoms with Crippen LogP contribution in [0.2, 0.25) is 0 Å². The zero-order chi connectivity index (χ0) is 13.9. The number of rotatable bonds is 2. The minimum atomic E-state index is -0.465. The van der Waals surface area contributed by atoms with Gasteiger partial charge in [-0.25, -0.2) is 4.79 Å². The first-order valence-corrected chi connectivity index (χ1v) is 6.46. The Bertz CT molecular complexity index is 430. The van der Waals surface area contributed by atoms with Gasteiger partial charge in [0.15, 0.2) is 5.82 Å². The van der Waals surface area contributed by atoms with Gasteiger partial charge in [0.1, 0.15) is 5.60 Å². The molecule has 0 bridgehead atoms. The highest BCUT2D eigenvalue weighted by Gasteiger charge is 2.26. The van der Waals surface area contributed by atoms with E-state index in [1.165, 1.54) is 0 Å². The molecule has 1 amide bonds. The number of carbonyl (C=O) groups excluding carboxylic acids is 1. The molecule has 1 aliphatic rings. The summed E-state index contributed by atoms with van der Waals surface area (Å²) >= 11 is 0. The third-order valence-corrected chi connectivity index (χ3v) is 2.79. The van der Waals surface area contributed by atoms with E-state index in [2.05, 4.69) is 20.4 Å². The van der Waals surface area contributed by atoms with Gasteiger partial charge < -0.3 is 15.0 Å². The van der Waals surface area contributed by atoms with Crippen LogP contribution in [0.1, 0.15) is 27.2 Å². The maximum absolute atomic E-state index is 11.7. The molecular formula is C13H20N4O2. The largest absolute Gasteiger partial charge is 0.444 e. The average Bonchev–Trinajstić information content (AvgIpc) is 2.76. The first-order valence-electron chi connectivity index (χ1n) is 6.46. The van der Waals surface area contributed by atoms with Crippen molar-refractivity contribution in [2.75, 3.05) is 18.0 Å². The lowest BCUT2D eigenvalue weighted by molar-refractivity contribution is 0.0509. The molecule has 0 aromatic carbocycles. The third-order valence-electron chi connectivity index (χ3n) is 2.79. The minimum Gasteiger partial charge on any atom is -0.444 e. The van der Waals surface area contributed by atoms with E-state index in [9.17, 15) is 4.79 Å². The second kappa shape index (κ2) is 5.42. The van der Waals surface area contributed by atoms with E-state index >= 15 is 0 Å². The highest BCUT2D eigenvalue weighted by molar-refractivity contribution is 5.68. The molecule has 1 atom stereocenters. The molecule has 1 fully saturated rings. The van der Waals surface area contributed by atoms with Crippen molar-refractivity contribution in [2.45, 2.75) is 38.8 Å². The summed E-state index contributed by atoms with van der Waals surface area (Å²) in [5.41, 5.74) is -0.465. The van der Waals surface area contributed by atoms with Crippen LogP contribution >= 0.6 is 0 Å². The third kappa shape index (κ3) is 4.08. The molecule has 6 nitrogen and oxygen atoms in total. The fourth-order valence-corrected chi connectivity index (χ4v) is 2.02. The monoisotopic (exact) mass is 264 g/mol. The Hall–Kier alpha value is -1.85. The second-order valence-electron chi connectivity index (χ2n) is 5.66. The number of hydrogen-bond donors (Lipinski definition) is 1. The quantitative estimate of drug-likeness (QED) is 0.878.